The van der Waals surface area contributed by atoms with Crippen molar-refractivity contribution >= 4 is 38.6 Å². The number of hydrogen-bond acceptors (Lipinski definition) is 6. The van der Waals surface area contributed by atoms with Gasteiger partial charge in [0.05, 0.1) is 30.1 Å². The molecule has 150 valence electrons. The summed E-state index contributed by atoms with van der Waals surface area (Å²) in [7, 11) is 1.96. The molecule has 0 aliphatic rings. The number of carbonyl (C=O) groups excluding carboxylic acids is 1. The molecule has 3 aromatic heterocycles. The predicted octanol–water partition coefficient (Wildman–Crippen LogP) is 3.41. The van der Waals surface area contributed by atoms with Crippen molar-refractivity contribution in [1.82, 2.24) is 24.8 Å². The molecule has 0 aliphatic carbocycles. The molecule has 0 radical (unpaired) electrons. The molecule has 2 atom stereocenters. The number of aryl methyl sites for hydroxylation is 1. The van der Waals surface area contributed by atoms with Crippen molar-refractivity contribution < 1.29 is 4.79 Å². The Hall–Kier alpha value is -2.84. The lowest BCUT2D eigenvalue weighted by molar-refractivity contribution is -0.123. The van der Waals surface area contributed by atoms with Crippen molar-refractivity contribution in [2.75, 3.05) is 0 Å². The molecule has 3 N–H and O–H groups in total. The number of rotatable bonds is 5. The third kappa shape index (κ3) is 3.61. The Morgan fingerprint density at radius 1 is 1.24 bits per heavy atom. The molecule has 4 rings (SSSR count). The highest BCUT2D eigenvalue weighted by atomic mass is 32.1. The average Bonchev–Trinajstić information content (AvgIpc) is 3.30. The highest BCUT2D eigenvalue weighted by Gasteiger charge is 2.20. The number of nitrogens with two attached hydrogens (primary N) is 1. The first-order valence-corrected chi connectivity index (χ1v) is 10.4. The van der Waals surface area contributed by atoms with Gasteiger partial charge < -0.3 is 15.6 Å². The van der Waals surface area contributed by atoms with Gasteiger partial charge in [0.1, 0.15) is 20.9 Å². The van der Waals surface area contributed by atoms with Crippen LogP contribution in [0.25, 0.3) is 32.0 Å². The van der Waals surface area contributed by atoms with E-state index < -0.39 is 6.04 Å². The van der Waals surface area contributed by atoms with Crippen molar-refractivity contribution in [3.8, 4) is 10.6 Å². The van der Waals surface area contributed by atoms with Crippen molar-refractivity contribution in [3.63, 3.8) is 0 Å². The SMILES string of the molecule is CC(C)[C@@H](N)C(=O)N[C@@H](C)c1cccc(-c2nc3c(ncc4ncn(C)c43)s2)c1. The molecule has 0 saturated carbocycles. The van der Waals surface area contributed by atoms with Crippen molar-refractivity contribution in [2.45, 2.75) is 32.9 Å². The van der Waals surface area contributed by atoms with E-state index in [0.717, 1.165) is 37.5 Å². The lowest BCUT2D eigenvalue weighted by atomic mass is 10.0. The summed E-state index contributed by atoms with van der Waals surface area (Å²) in [6.07, 6.45) is 3.56. The maximum atomic E-state index is 12.3. The summed E-state index contributed by atoms with van der Waals surface area (Å²) in [6, 6.07) is 7.40. The normalized spacial score (nSPS) is 13.9. The van der Waals surface area contributed by atoms with E-state index in [9.17, 15) is 4.79 Å². The summed E-state index contributed by atoms with van der Waals surface area (Å²) in [4.78, 5) is 26.9. The number of nitrogens with zero attached hydrogens (tertiary/aromatic N) is 4. The predicted molar refractivity (Wildman–Crippen MR) is 116 cm³/mol. The summed E-state index contributed by atoms with van der Waals surface area (Å²) < 4.78 is 1.97. The lowest BCUT2D eigenvalue weighted by Gasteiger charge is -2.20. The number of imidazole rings is 1. The first-order chi connectivity index (χ1) is 13.8. The summed E-state index contributed by atoms with van der Waals surface area (Å²) in [5, 5.41) is 3.90. The average molecular weight is 409 g/mol. The van der Waals surface area contributed by atoms with Gasteiger partial charge in [0.25, 0.3) is 0 Å². The van der Waals surface area contributed by atoms with Crippen LogP contribution in [-0.2, 0) is 11.8 Å². The first kappa shape index (κ1) is 19.5. The monoisotopic (exact) mass is 408 g/mol. The Morgan fingerprint density at radius 3 is 2.79 bits per heavy atom. The fraction of sp³-hybridized carbons (Fsp3) is 0.333. The van der Waals surface area contributed by atoms with Crippen LogP contribution in [0.1, 0.15) is 32.4 Å². The maximum Gasteiger partial charge on any atom is 0.237 e. The molecule has 29 heavy (non-hydrogen) atoms. The minimum Gasteiger partial charge on any atom is -0.348 e. The highest BCUT2D eigenvalue weighted by molar-refractivity contribution is 7.21. The van der Waals surface area contributed by atoms with E-state index in [1.165, 1.54) is 0 Å². The number of pyridine rings is 1. The Balaban J connectivity index is 1.66. The number of aromatic nitrogens is 4. The second-order valence-electron chi connectivity index (χ2n) is 7.65. The van der Waals surface area contributed by atoms with Crippen LogP contribution in [0.4, 0.5) is 0 Å². The van der Waals surface area contributed by atoms with E-state index in [1.807, 2.05) is 50.6 Å². The van der Waals surface area contributed by atoms with E-state index in [0.29, 0.717) is 0 Å². The van der Waals surface area contributed by atoms with Crippen molar-refractivity contribution in [1.29, 1.82) is 0 Å². The van der Waals surface area contributed by atoms with Gasteiger partial charge in [-0.1, -0.05) is 43.4 Å². The van der Waals surface area contributed by atoms with Crippen LogP contribution in [0.2, 0.25) is 0 Å². The van der Waals surface area contributed by atoms with Gasteiger partial charge in [-0.2, -0.15) is 0 Å². The number of carbonyl (C=O) groups is 1. The maximum absolute atomic E-state index is 12.3. The number of nitrogens with one attached hydrogen (secondary N) is 1. The number of thiazole rings is 1. The molecular weight excluding hydrogens is 384 g/mol. The molecule has 8 heteroatoms. The Morgan fingerprint density at radius 2 is 2.03 bits per heavy atom. The zero-order valence-corrected chi connectivity index (χ0v) is 17.7. The van der Waals surface area contributed by atoms with Gasteiger partial charge in [-0.3, -0.25) is 4.79 Å². The summed E-state index contributed by atoms with van der Waals surface area (Å²) in [6.45, 7) is 5.84. The zero-order chi connectivity index (χ0) is 20.7. The van der Waals surface area contributed by atoms with E-state index in [2.05, 4.69) is 21.4 Å². The van der Waals surface area contributed by atoms with E-state index in [4.69, 9.17) is 10.7 Å². The molecule has 1 aromatic carbocycles. The molecule has 1 amide bonds. The second-order valence-corrected chi connectivity index (χ2v) is 8.62. The highest BCUT2D eigenvalue weighted by Crippen LogP contribution is 2.33. The largest absolute Gasteiger partial charge is 0.348 e. The smallest absolute Gasteiger partial charge is 0.237 e. The van der Waals surface area contributed by atoms with Gasteiger partial charge in [0.2, 0.25) is 5.91 Å². The summed E-state index contributed by atoms with van der Waals surface area (Å²) in [5.41, 5.74) is 10.6. The zero-order valence-electron chi connectivity index (χ0n) is 16.9. The van der Waals surface area contributed by atoms with Crippen LogP contribution in [0.5, 0.6) is 0 Å². The van der Waals surface area contributed by atoms with E-state index in [-0.39, 0.29) is 17.9 Å². The fourth-order valence-electron chi connectivity index (χ4n) is 3.27. The van der Waals surface area contributed by atoms with Gasteiger partial charge in [-0.25, -0.2) is 15.0 Å². The topological polar surface area (TPSA) is 98.7 Å². The third-order valence-corrected chi connectivity index (χ3v) is 6.13. The number of fused-ring (bicyclic) bond motifs is 3. The summed E-state index contributed by atoms with van der Waals surface area (Å²) >= 11 is 1.55. The molecule has 4 aromatic rings. The Kier molecular flexibility index (Phi) is 5.06. The van der Waals surface area contributed by atoms with Gasteiger partial charge in [0, 0.05) is 12.6 Å². The molecule has 0 saturated heterocycles. The molecule has 0 fully saturated rings. The van der Waals surface area contributed by atoms with Crippen molar-refractivity contribution in [2.24, 2.45) is 18.7 Å². The quantitative estimate of drug-likeness (QED) is 0.527. The van der Waals surface area contributed by atoms with Crippen LogP contribution in [0, 0.1) is 5.92 Å². The molecule has 3 heterocycles. The first-order valence-electron chi connectivity index (χ1n) is 9.58. The summed E-state index contributed by atoms with van der Waals surface area (Å²) in [5.74, 6) is -0.0479. The van der Waals surface area contributed by atoms with Crippen LogP contribution in [0.3, 0.4) is 0 Å². The molecule has 0 bridgehead atoms. The second kappa shape index (κ2) is 7.53. The van der Waals surface area contributed by atoms with E-state index >= 15 is 0 Å². The van der Waals surface area contributed by atoms with Gasteiger partial charge in [-0.15, -0.1) is 0 Å². The van der Waals surface area contributed by atoms with Crippen LogP contribution in [0.15, 0.2) is 36.8 Å². The third-order valence-electron chi connectivity index (χ3n) is 5.12. The van der Waals surface area contributed by atoms with Crippen LogP contribution in [-0.4, -0.2) is 31.5 Å². The molecule has 0 unspecified atom stereocenters. The lowest BCUT2D eigenvalue weighted by Crippen LogP contribution is -2.44. The van der Waals surface area contributed by atoms with Crippen molar-refractivity contribution in [3.05, 3.63) is 42.4 Å². The number of benzene rings is 1. The Bertz CT molecular complexity index is 1190. The molecule has 0 spiro atoms. The van der Waals surface area contributed by atoms with Gasteiger partial charge >= 0.3 is 0 Å². The minimum absolute atomic E-state index is 0.0904. The van der Waals surface area contributed by atoms with E-state index in [1.54, 1.807) is 23.9 Å². The molecular formula is C21H24N6OS. The molecule has 0 aliphatic heterocycles. The van der Waals surface area contributed by atoms with Gasteiger partial charge in [0.15, 0.2) is 0 Å². The number of amides is 1. The Labute approximate surface area is 173 Å². The number of hydrogen-bond donors (Lipinski definition) is 2. The minimum atomic E-state index is -0.516. The van der Waals surface area contributed by atoms with Gasteiger partial charge in [-0.05, 0) is 24.5 Å². The fourth-order valence-corrected chi connectivity index (χ4v) is 4.17. The molecule has 7 nitrogen and oxygen atoms in total. The van der Waals surface area contributed by atoms with Crippen LogP contribution >= 0.6 is 11.3 Å². The standard InChI is InChI=1S/C21H24N6OS/c1-11(2)16(22)19(28)25-12(3)13-6-5-7-14(8-13)20-26-17-18-15(24-10-27(18)4)9-23-21(17)29-20/h5-12,16H,22H2,1-4H3,(H,25,28)/t12-,16+/m0/s1. The van der Waals surface area contributed by atoms with Crippen LogP contribution < -0.4 is 11.1 Å².